The van der Waals surface area contributed by atoms with Crippen LogP contribution in [0.25, 0.3) is 0 Å². The minimum Gasteiger partial charge on any atom is -0.364 e. The number of benzene rings is 1. The van der Waals surface area contributed by atoms with Crippen molar-refractivity contribution >= 4 is 5.69 Å². The number of piperazine rings is 1. The summed E-state index contributed by atoms with van der Waals surface area (Å²) in [5.41, 5.74) is 0.769. The predicted molar refractivity (Wildman–Crippen MR) is 72.4 cm³/mol. The molecule has 0 amide bonds. The normalized spacial score (nSPS) is 27.7. The lowest BCUT2D eigenvalue weighted by Gasteiger charge is -2.40. The smallest absolute Gasteiger partial charge is 0.146 e. The Kier molecular flexibility index (Phi) is 3.21. The molecule has 0 aromatic heterocycles. The van der Waals surface area contributed by atoms with Crippen LogP contribution in [-0.2, 0) is 0 Å². The van der Waals surface area contributed by atoms with Gasteiger partial charge >= 0.3 is 0 Å². The summed E-state index contributed by atoms with van der Waals surface area (Å²) in [6, 6.07) is 3.24. The predicted octanol–water partition coefficient (Wildman–Crippen LogP) is 2.85. The quantitative estimate of drug-likeness (QED) is 0.885. The van der Waals surface area contributed by atoms with Crippen LogP contribution in [0.5, 0.6) is 0 Å². The molecule has 1 heterocycles. The van der Waals surface area contributed by atoms with E-state index >= 15 is 0 Å². The summed E-state index contributed by atoms with van der Waals surface area (Å²) >= 11 is 0. The fourth-order valence-corrected chi connectivity index (χ4v) is 2.89. The van der Waals surface area contributed by atoms with Gasteiger partial charge in [-0.3, -0.25) is 0 Å². The van der Waals surface area contributed by atoms with Gasteiger partial charge in [0.25, 0.3) is 0 Å². The largest absolute Gasteiger partial charge is 0.364 e. The van der Waals surface area contributed by atoms with Crippen LogP contribution in [0.15, 0.2) is 12.1 Å². The third-order valence-electron chi connectivity index (χ3n) is 4.33. The Balaban J connectivity index is 1.88. The van der Waals surface area contributed by atoms with Crippen molar-refractivity contribution in [1.29, 1.82) is 0 Å². The van der Waals surface area contributed by atoms with Crippen molar-refractivity contribution in [3.63, 3.8) is 0 Å². The molecule has 1 saturated carbocycles. The number of nitrogens with one attached hydrogen (secondary N) is 1. The highest BCUT2D eigenvalue weighted by atomic mass is 19.1. The molecule has 0 spiro atoms. The molecule has 1 aromatic carbocycles. The lowest BCUT2D eigenvalue weighted by atomic mass is 10.0. The molecule has 104 valence electrons. The van der Waals surface area contributed by atoms with Gasteiger partial charge in [-0.05, 0) is 44.2 Å². The minimum atomic E-state index is -0.329. The second-order valence-corrected chi connectivity index (χ2v) is 5.91. The zero-order valence-corrected chi connectivity index (χ0v) is 11.4. The van der Waals surface area contributed by atoms with E-state index < -0.39 is 0 Å². The third kappa shape index (κ3) is 2.46. The van der Waals surface area contributed by atoms with Gasteiger partial charge in [-0.1, -0.05) is 0 Å². The molecule has 2 aliphatic rings. The number of aryl methyl sites for hydroxylation is 1. The minimum absolute atomic E-state index is 0.187. The van der Waals surface area contributed by atoms with Gasteiger partial charge in [-0.15, -0.1) is 0 Å². The average Bonchev–Trinajstić information content (AvgIpc) is 3.19. The molecule has 1 aromatic rings. The van der Waals surface area contributed by atoms with Crippen LogP contribution in [0.3, 0.4) is 0 Å². The fourth-order valence-electron chi connectivity index (χ4n) is 2.89. The topological polar surface area (TPSA) is 15.3 Å². The fraction of sp³-hybridized carbons (Fsp3) is 0.600. The Morgan fingerprint density at radius 1 is 1.21 bits per heavy atom. The molecule has 1 aliphatic heterocycles. The van der Waals surface area contributed by atoms with Crippen LogP contribution in [0.2, 0.25) is 0 Å². The van der Waals surface area contributed by atoms with Crippen molar-refractivity contribution in [2.45, 2.75) is 38.8 Å². The molecule has 2 fully saturated rings. The van der Waals surface area contributed by atoms with E-state index in [-0.39, 0.29) is 17.7 Å². The van der Waals surface area contributed by atoms with Crippen molar-refractivity contribution in [3.05, 3.63) is 29.3 Å². The summed E-state index contributed by atoms with van der Waals surface area (Å²) < 4.78 is 27.8. The van der Waals surface area contributed by atoms with Crippen molar-refractivity contribution in [2.75, 3.05) is 18.0 Å². The first-order chi connectivity index (χ1) is 9.06. The lowest BCUT2D eigenvalue weighted by molar-refractivity contribution is 0.372. The molecule has 0 bridgehead atoms. The molecule has 19 heavy (non-hydrogen) atoms. The highest BCUT2D eigenvalue weighted by Crippen LogP contribution is 2.36. The SMILES string of the molecule is Cc1cc(F)c(N2CC(C3CC3)NCC2C)cc1F. The molecule has 2 nitrogen and oxygen atoms in total. The van der Waals surface area contributed by atoms with E-state index in [2.05, 4.69) is 5.32 Å². The maximum Gasteiger partial charge on any atom is 0.146 e. The number of rotatable bonds is 2. The van der Waals surface area contributed by atoms with Gasteiger partial charge in [-0.25, -0.2) is 8.78 Å². The zero-order chi connectivity index (χ0) is 13.6. The van der Waals surface area contributed by atoms with Gasteiger partial charge in [0, 0.05) is 31.2 Å². The van der Waals surface area contributed by atoms with E-state index in [1.54, 1.807) is 6.92 Å². The Morgan fingerprint density at radius 3 is 2.63 bits per heavy atom. The van der Waals surface area contributed by atoms with E-state index in [1.165, 1.54) is 25.0 Å². The van der Waals surface area contributed by atoms with Gasteiger partial charge in [0.05, 0.1) is 5.69 Å². The first-order valence-electron chi connectivity index (χ1n) is 7.02. The van der Waals surface area contributed by atoms with Crippen LogP contribution in [-0.4, -0.2) is 25.2 Å². The van der Waals surface area contributed by atoms with Gasteiger partial charge < -0.3 is 10.2 Å². The first-order valence-corrected chi connectivity index (χ1v) is 7.02. The van der Waals surface area contributed by atoms with E-state index in [0.717, 1.165) is 13.1 Å². The summed E-state index contributed by atoms with van der Waals surface area (Å²) in [7, 11) is 0. The molecular formula is C15H20F2N2. The number of hydrogen-bond donors (Lipinski definition) is 1. The van der Waals surface area contributed by atoms with Crippen LogP contribution >= 0.6 is 0 Å². The van der Waals surface area contributed by atoms with Gasteiger partial charge in [0.2, 0.25) is 0 Å². The van der Waals surface area contributed by atoms with Crippen LogP contribution in [0.1, 0.15) is 25.3 Å². The summed E-state index contributed by atoms with van der Waals surface area (Å²) in [6.45, 7) is 5.24. The summed E-state index contributed by atoms with van der Waals surface area (Å²) in [5, 5.41) is 3.52. The lowest BCUT2D eigenvalue weighted by Crippen LogP contribution is -2.56. The second kappa shape index (κ2) is 4.75. The Hall–Kier alpha value is -1.16. The van der Waals surface area contributed by atoms with E-state index in [4.69, 9.17) is 0 Å². The summed E-state index contributed by atoms with van der Waals surface area (Å²) in [4.78, 5) is 2.01. The average molecular weight is 266 g/mol. The van der Waals surface area contributed by atoms with Gasteiger partial charge in [0.1, 0.15) is 11.6 Å². The van der Waals surface area contributed by atoms with E-state index in [1.807, 2.05) is 11.8 Å². The highest BCUT2D eigenvalue weighted by molar-refractivity contribution is 5.51. The number of nitrogens with zero attached hydrogens (tertiary/aromatic N) is 1. The van der Waals surface area contributed by atoms with Crippen LogP contribution in [0.4, 0.5) is 14.5 Å². The Morgan fingerprint density at radius 2 is 1.95 bits per heavy atom. The molecule has 1 saturated heterocycles. The molecule has 2 unspecified atom stereocenters. The van der Waals surface area contributed by atoms with Gasteiger partial charge in [-0.2, -0.15) is 0 Å². The van der Waals surface area contributed by atoms with Crippen molar-refractivity contribution in [2.24, 2.45) is 5.92 Å². The van der Waals surface area contributed by atoms with E-state index in [0.29, 0.717) is 23.2 Å². The number of hydrogen-bond acceptors (Lipinski definition) is 2. The first kappa shape index (κ1) is 12.9. The summed E-state index contributed by atoms with van der Waals surface area (Å²) in [5.74, 6) is 0.0701. The second-order valence-electron chi connectivity index (χ2n) is 5.91. The third-order valence-corrected chi connectivity index (χ3v) is 4.33. The molecule has 1 aliphatic carbocycles. The van der Waals surface area contributed by atoms with Crippen LogP contribution < -0.4 is 10.2 Å². The summed E-state index contributed by atoms with van der Waals surface area (Å²) in [6.07, 6.45) is 2.51. The molecular weight excluding hydrogens is 246 g/mol. The van der Waals surface area contributed by atoms with Crippen molar-refractivity contribution in [3.8, 4) is 0 Å². The number of anilines is 1. The molecule has 4 heteroatoms. The zero-order valence-electron chi connectivity index (χ0n) is 11.4. The monoisotopic (exact) mass is 266 g/mol. The Labute approximate surface area is 112 Å². The maximum absolute atomic E-state index is 14.1. The standard InChI is InChI=1S/C15H20F2N2/c1-9-5-13(17)15(6-12(9)16)19-8-14(11-3-4-11)18-7-10(19)2/h5-6,10-11,14,18H,3-4,7-8H2,1-2H3. The van der Waals surface area contributed by atoms with Crippen LogP contribution in [0, 0.1) is 24.5 Å². The molecule has 2 atom stereocenters. The van der Waals surface area contributed by atoms with E-state index in [9.17, 15) is 8.78 Å². The highest BCUT2D eigenvalue weighted by Gasteiger charge is 2.36. The molecule has 3 rings (SSSR count). The van der Waals surface area contributed by atoms with Gasteiger partial charge in [0.15, 0.2) is 0 Å². The Bertz CT molecular complexity index is 485. The molecule has 1 N–H and O–H groups in total. The van der Waals surface area contributed by atoms with Crippen molar-refractivity contribution < 1.29 is 8.78 Å². The number of halogens is 2. The maximum atomic E-state index is 14.1. The molecule has 0 radical (unpaired) electrons. The van der Waals surface area contributed by atoms with Crippen molar-refractivity contribution in [1.82, 2.24) is 5.32 Å².